The van der Waals surface area contributed by atoms with E-state index in [1.165, 1.54) is 12.0 Å². The van der Waals surface area contributed by atoms with Gasteiger partial charge in [0.25, 0.3) is 0 Å². The Morgan fingerprint density at radius 3 is 2.46 bits per heavy atom. The van der Waals surface area contributed by atoms with Crippen molar-refractivity contribution in [1.29, 1.82) is 0 Å². The zero-order valence-corrected chi connectivity index (χ0v) is 15.1. The number of hydrogen-bond acceptors (Lipinski definition) is 6. The molecule has 0 aliphatic carbocycles. The summed E-state index contributed by atoms with van der Waals surface area (Å²) in [5.74, 6) is 0. The first-order chi connectivity index (χ1) is 11.7. The monoisotopic (exact) mass is 336 g/mol. The van der Waals surface area contributed by atoms with Gasteiger partial charge < -0.3 is 9.47 Å². The van der Waals surface area contributed by atoms with Crippen LogP contribution in [0.15, 0.2) is 30.3 Å². The number of nitrogens with zero attached hydrogens (tertiary/aromatic N) is 1. The number of ether oxygens (including phenoxy) is 2. The molecule has 2 rings (SSSR count). The maximum Gasteiger partial charge on any atom is 0.0971 e. The molecule has 6 nitrogen and oxygen atoms in total. The highest BCUT2D eigenvalue weighted by atomic mass is 16.5. The standard InChI is InChI=1S/C18H32N4O2/c1-15-9-7-8-12-17(23-2)18(24-3)13-19-21-22(20-15)14-16-10-5-4-6-11-16/h4-6,10-11,15,17-21H,7-9,12-14H2,1-3H3. The van der Waals surface area contributed by atoms with Gasteiger partial charge in [0.1, 0.15) is 0 Å². The summed E-state index contributed by atoms with van der Waals surface area (Å²) >= 11 is 0. The first kappa shape index (κ1) is 19.3. The van der Waals surface area contributed by atoms with Crippen LogP contribution < -0.4 is 16.4 Å². The molecular formula is C18H32N4O2. The van der Waals surface area contributed by atoms with Crippen LogP contribution in [0.25, 0.3) is 0 Å². The summed E-state index contributed by atoms with van der Waals surface area (Å²) in [6, 6.07) is 10.8. The van der Waals surface area contributed by atoms with Crippen molar-refractivity contribution in [1.82, 2.24) is 21.5 Å². The van der Waals surface area contributed by atoms with E-state index >= 15 is 0 Å². The molecule has 0 radical (unpaired) electrons. The largest absolute Gasteiger partial charge is 0.379 e. The number of benzene rings is 1. The van der Waals surface area contributed by atoms with Crippen molar-refractivity contribution in [2.45, 2.75) is 57.4 Å². The minimum atomic E-state index is 0.0259. The fourth-order valence-corrected chi connectivity index (χ4v) is 3.07. The molecule has 0 aromatic heterocycles. The maximum atomic E-state index is 5.63. The van der Waals surface area contributed by atoms with Crippen LogP contribution in [0.5, 0.6) is 0 Å². The first-order valence-electron chi connectivity index (χ1n) is 8.84. The molecule has 1 aliphatic rings. The predicted molar refractivity (Wildman–Crippen MR) is 95.8 cm³/mol. The smallest absolute Gasteiger partial charge is 0.0971 e. The summed E-state index contributed by atoms with van der Waals surface area (Å²) in [5.41, 5.74) is 11.3. The van der Waals surface area contributed by atoms with Crippen LogP contribution in [0.4, 0.5) is 0 Å². The number of nitrogens with one attached hydrogen (secondary N) is 3. The Morgan fingerprint density at radius 2 is 1.75 bits per heavy atom. The second kappa shape index (κ2) is 10.8. The molecule has 1 aromatic rings. The van der Waals surface area contributed by atoms with E-state index in [1.54, 1.807) is 14.2 Å². The topological polar surface area (TPSA) is 57.8 Å². The van der Waals surface area contributed by atoms with Gasteiger partial charge >= 0.3 is 0 Å². The zero-order valence-electron chi connectivity index (χ0n) is 15.1. The molecule has 3 N–H and O–H groups in total. The Hall–Kier alpha value is -1.02. The van der Waals surface area contributed by atoms with E-state index in [-0.39, 0.29) is 12.2 Å². The molecule has 3 atom stereocenters. The van der Waals surface area contributed by atoms with Gasteiger partial charge in [0.15, 0.2) is 0 Å². The average molecular weight is 336 g/mol. The molecule has 0 spiro atoms. The molecular weight excluding hydrogens is 304 g/mol. The highest BCUT2D eigenvalue weighted by Gasteiger charge is 2.21. The zero-order chi connectivity index (χ0) is 17.2. The molecule has 1 aromatic carbocycles. The van der Waals surface area contributed by atoms with Gasteiger partial charge in [-0.1, -0.05) is 43.2 Å². The summed E-state index contributed by atoms with van der Waals surface area (Å²) < 4.78 is 11.2. The summed E-state index contributed by atoms with van der Waals surface area (Å²) in [4.78, 5) is 0. The lowest BCUT2D eigenvalue weighted by molar-refractivity contribution is -0.0490. The summed E-state index contributed by atoms with van der Waals surface area (Å²) in [7, 11) is 3.51. The molecule has 0 amide bonds. The van der Waals surface area contributed by atoms with Crippen LogP contribution in [-0.4, -0.2) is 44.1 Å². The highest BCUT2D eigenvalue weighted by molar-refractivity contribution is 5.14. The first-order valence-corrected chi connectivity index (χ1v) is 8.84. The van der Waals surface area contributed by atoms with Crippen molar-refractivity contribution in [2.24, 2.45) is 0 Å². The molecule has 6 heteroatoms. The minimum Gasteiger partial charge on any atom is -0.379 e. The normalized spacial score (nSPS) is 28.0. The molecule has 0 saturated carbocycles. The van der Waals surface area contributed by atoms with Crippen molar-refractivity contribution in [3.8, 4) is 0 Å². The van der Waals surface area contributed by atoms with Gasteiger partial charge in [-0.05, 0) is 25.3 Å². The SMILES string of the molecule is COC1CCCCC(C)NN(Cc2ccccc2)NNCC1OC. The summed E-state index contributed by atoms with van der Waals surface area (Å²) in [6.07, 6.45) is 4.62. The van der Waals surface area contributed by atoms with E-state index in [4.69, 9.17) is 9.47 Å². The van der Waals surface area contributed by atoms with Gasteiger partial charge in [0, 0.05) is 26.8 Å². The van der Waals surface area contributed by atoms with Gasteiger partial charge in [0.05, 0.1) is 18.8 Å². The lowest BCUT2D eigenvalue weighted by Crippen LogP contribution is -2.58. The highest BCUT2D eigenvalue weighted by Crippen LogP contribution is 2.14. The third-order valence-corrected chi connectivity index (χ3v) is 4.47. The molecule has 3 unspecified atom stereocenters. The number of rotatable bonds is 4. The Bertz CT molecular complexity index is 446. The van der Waals surface area contributed by atoms with E-state index in [0.29, 0.717) is 12.6 Å². The van der Waals surface area contributed by atoms with Crippen LogP contribution in [0.1, 0.15) is 38.2 Å². The van der Waals surface area contributed by atoms with Crippen LogP contribution >= 0.6 is 0 Å². The second-order valence-electron chi connectivity index (χ2n) is 6.43. The van der Waals surface area contributed by atoms with Crippen molar-refractivity contribution >= 4 is 0 Å². The van der Waals surface area contributed by atoms with Crippen molar-refractivity contribution in [3.63, 3.8) is 0 Å². The Kier molecular flexibility index (Phi) is 8.66. The van der Waals surface area contributed by atoms with Gasteiger partial charge in [0.2, 0.25) is 0 Å². The summed E-state index contributed by atoms with van der Waals surface area (Å²) in [5, 5.41) is 2.01. The van der Waals surface area contributed by atoms with E-state index in [0.717, 1.165) is 25.8 Å². The van der Waals surface area contributed by atoms with Crippen molar-refractivity contribution < 1.29 is 9.47 Å². The van der Waals surface area contributed by atoms with Gasteiger partial charge in [-0.25, -0.2) is 10.9 Å². The van der Waals surface area contributed by atoms with Crippen LogP contribution in [0.2, 0.25) is 0 Å². The Morgan fingerprint density at radius 1 is 1.04 bits per heavy atom. The summed E-state index contributed by atoms with van der Waals surface area (Å²) in [6.45, 7) is 3.66. The molecule has 1 heterocycles. The minimum absolute atomic E-state index is 0.0259. The van der Waals surface area contributed by atoms with E-state index in [2.05, 4.69) is 47.6 Å². The van der Waals surface area contributed by atoms with E-state index < -0.39 is 0 Å². The van der Waals surface area contributed by atoms with Gasteiger partial charge in [-0.3, -0.25) is 0 Å². The van der Waals surface area contributed by atoms with Crippen LogP contribution in [-0.2, 0) is 16.0 Å². The Labute approximate surface area is 145 Å². The quantitative estimate of drug-likeness (QED) is 0.782. The molecule has 1 saturated heterocycles. The van der Waals surface area contributed by atoms with Gasteiger partial charge in [-0.2, -0.15) is 10.7 Å². The number of hydrogen-bond donors (Lipinski definition) is 3. The average Bonchev–Trinajstić information content (AvgIpc) is 2.59. The molecule has 1 fully saturated rings. The van der Waals surface area contributed by atoms with E-state index in [1.807, 2.05) is 11.2 Å². The van der Waals surface area contributed by atoms with Crippen molar-refractivity contribution in [2.75, 3.05) is 20.8 Å². The maximum absolute atomic E-state index is 5.63. The molecule has 24 heavy (non-hydrogen) atoms. The molecule has 1 aliphatic heterocycles. The lowest BCUT2D eigenvalue weighted by Gasteiger charge is -2.31. The Balaban J connectivity index is 1.98. The van der Waals surface area contributed by atoms with Crippen molar-refractivity contribution in [3.05, 3.63) is 35.9 Å². The second-order valence-corrected chi connectivity index (χ2v) is 6.43. The third-order valence-electron chi connectivity index (χ3n) is 4.47. The number of methoxy groups -OCH3 is 2. The molecule has 0 bridgehead atoms. The fourth-order valence-electron chi connectivity index (χ4n) is 3.07. The third kappa shape index (κ3) is 6.47. The number of hydrazine groups is 3. The van der Waals surface area contributed by atoms with E-state index in [9.17, 15) is 0 Å². The fraction of sp³-hybridized carbons (Fsp3) is 0.667. The molecule has 136 valence electrons. The van der Waals surface area contributed by atoms with Gasteiger partial charge in [-0.15, -0.1) is 0 Å². The van der Waals surface area contributed by atoms with Crippen LogP contribution in [0, 0.1) is 0 Å². The lowest BCUT2D eigenvalue weighted by atomic mass is 10.0. The van der Waals surface area contributed by atoms with Crippen LogP contribution in [0.3, 0.4) is 0 Å². The predicted octanol–water partition coefficient (Wildman–Crippen LogP) is 1.99.